The van der Waals surface area contributed by atoms with E-state index in [0.29, 0.717) is 12.1 Å². The summed E-state index contributed by atoms with van der Waals surface area (Å²) < 4.78 is 31.9. The number of terminal acetylenes is 1. The molecule has 0 bridgehead atoms. The van der Waals surface area contributed by atoms with Gasteiger partial charge in [-0.1, -0.05) is 18.1 Å². The summed E-state index contributed by atoms with van der Waals surface area (Å²) in [5, 5.41) is 3.36. The van der Waals surface area contributed by atoms with Crippen molar-refractivity contribution >= 4 is 0 Å². The number of benzene rings is 2. The molecule has 3 rings (SSSR count). The first-order valence-corrected chi connectivity index (χ1v) is 8.04. The molecule has 0 amide bonds. The van der Waals surface area contributed by atoms with E-state index in [9.17, 15) is 8.78 Å². The summed E-state index contributed by atoms with van der Waals surface area (Å²) in [6.07, 6.45) is 8.50. The van der Waals surface area contributed by atoms with Gasteiger partial charge in [-0.15, -0.1) is 6.42 Å². The van der Waals surface area contributed by atoms with Crippen molar-refractivity contribution in [3.63, 3.8) is 0 Å². The molecule has 0 aromatic heterocycles. The van der Waals surface area contributed by atoms with Gasteiger partial charge in [0.25, 0.3) is 0 Å². The van der Waals surface area contributed by atoms with Crippen LogP contribution >= 0.6 is 0 Å². The van der Waals surface area contributed by atoms with E-state index in [1.165, 1.54) is 17.2 Å². The zero-order chi connectivity index (χ0) is 16.9. The molecule has 1 aliphatic carbocycles. The van der Waals surface area contributed by atoms with E-state index in [2.05, 4.69) is 17.3 Å². The Morgan fingerprint density at radius 3 is 2.83 bits per heavy atom. The van der Waals surface area contributed by atoms with Crippen LogP contribution in [0.1, 0.15) is 35.6 Å². The Morgan fingerprint density at radius 2 is 2.04 bits per heavy atom. The smallest absolute Gasteiger partial charge is 0.159 e. The average molecular weight is 327 g/mol. The van der Waals surface area contributed by atoms with Crippen LogP contribution in [0.25, 0.3) is 0 Å². The molecule has 0 spiro atoms. The highest BCUT2D eigenvalue weighted by Gasteiger charge is 2.19. The first kappa shape index (κ1) is 16.5. The van der Waals surface area contributed by atoms with Crippen molar-refractivity contribution < 1.29 is 13.5 Å². The maximum atomic E-state index is 13.2. The van der Waals surface area contributed by atoms with Crippen LogP contribution in [-0.4, -0.2) is 6.54 Å². The van der Waals surface area contributed by atoms with Gasteiger partial charge in [0.15, 0.2) is 11.6 Å². The molecule has 2 nitrogen and oxygen atoms in total. The Morgan fingerprint density at radius 1 is 1.17 bits per heavy atom. The standard InChI is InChI=1S/C20H19F2NO/c1-2-10-23-20-5-3-4-15-12-16(7-8-17(15)20)24-13-14-6-9-18(21)19(22)11-14/h1,6-9,11-12,20,23H,3-5,10,13H2. The number of aryl methyl sites for hydroxylation is 1. The Balaban J connectivity index is 1.69. The van der Waals surface area contributed by atoms with Gasteiger partial charge < -0.3 is 4.74 Å². The molecule has 124 valence electrons. The largest absolute Gasteiger partial charge is 0.489 e. The molecule has 1 aliphatic rings. The number of ether oxygens (including phenoxy) is 1. The Bertz CT molecular complexity index is 767. The maximum Gasteiger partial charge on any atom is 0.159 e. The Kier molecular flexibility index (Phi) is 5.12. The fourth-order valence-corrected chi connectivity index (χ4v) is 3.07. The minimum Gasteiger partial charge on any atom is -0.489 e. The van der Waals surface area contributed by atoms with Gasteiger partial charge >= 0.3 is 0 Å². The quantitative estimate of drug-likeness (QED) is 0.833. The highest BCUT2D eigenvalue weighted by Crippen LogP contribution is 2.32. The van der Waals surface area contributed by atoms with E-state index in [1.54, 1.807) is 0 Å². The number of nitrogens with one attached hydrogen (secondary N) is 1. The molecule has 0 saturated heterocycles. The number of fused-ring (bicyclic) bond motifs is 1. The monoisotopic (exact) mass is 327 g/mol. The van der Waals surface area contributed by atoms with E-state index in [0.717, 1.165) is 37.1 Å². The van der Waals surface area contributed by atoms with Gasteiger partial charge in [-0.25, -0.2) is 8.78 Å². The second-order valence-corrected chi connectivity index (χ2v) is 5.93. The number of hydrogen-bond acceptors (Lipinski definition) is 2. The van der Waals surface area contributed by atoms with Crippen LogP contribution in [0.2, 0.25) is 0 Å². The van der Waals surface area contributed by atoms with Crippen LogP contribution < -0.4 is 10.1 Å². The topological polar surface area (TPSA) is 21.3 Å². The van der Waals surface area contributed by atoms with E-state index < -0.39 is 11.6 Å². The van der Waals surface area contributed by atoms with E-state index in [-0.39, 0.29) is 12.6 Å². The molecule has 0 saturated carbocycles. The van der Waals surface area contributed by atoms with Crippen molar-refractivity contribution in [2.45, 2.75) is 31.9 Å². The zero-order valence-corrected chi connectivity index (χ0v) is 13.3. The summed E-state index contributed by atoms with van der Waals surface area (Å²) in [7, 11) is 0. The van der Waals surface area contributed by atoms with Crippen LogP contribution in [0.5, 0.6) is 5.75 Å². The van der Waals surface area contributed by atoms with Gasteiger partial charge in [-0.3, -0.25) is 5.32 Å². The lowest BCUT2D eigenvalue weighted by atomic mass is 9.87. The zero-order valence-electron chi connectivity index (χ0n) is 13.3. The second-order valence-electron chi connectivity index (χ2n) is 5.93. The summed E-state index contributed by atoms with van der Waals surface area (Å²) in [5.74, 6) is 1.64. The Hall–Kier alpha value is -2.38. The van der Waals surface area contributed by atoms with Crippen LogP contribution in [0.3, 0.4) is 0 Å². The minimum atomic E-state index is -0.857. The van der Waals surface area contributed by atoms with Gasteiger partial charge in [0.2, 0.25) is 0 Å². The molecule has 2 aromatic rings. The maximum absolute atomic E-state index is 13.2. The summed E-state index contributed by atoms with van der Waals surface area (Å²) in [6.45, 7) is 0.757. The molecule has 1 atom stereocenters. The SMILES string of the molecule is C#CCNC1CCCc2cc(OCc3ccc(F)c(F)c3)ccc21. The molecule has 0 fully saturated rings. The molecule has 1 N–H and O–H groups in total. The molecular formula is C20H19F2NO. The normalized spacial score (nSPS) is 16.3. The lowest BCUT2D eigenvalue weighted by molar-refractivity contribution is 0.304. The number of hydrogen-bond donors (Lipinski definition) is 1. The van der Waals surface area contributed by atoms with Crippen LogP contribution in [0, 0.1) is 24.0 Å². The minimum absolute atomic E-state index is 0.203. The van der Waals surface area contributed by atoms with Crippen molar-refractivity contribution in [2.24, 2.45) is 0 Å². The van der Waals surface area contributed by atoms with Gasteiger partial charge in [0.05, 0.1) is 6.54 Å². The molecule has 24 heavy (non-hydrogen) atoms. The van der Waals surface area contributed by atoms with Gasteiger partial charge in [0, 0.05) is 6.04 Å². The third kappa shape index (κ3) is 3.74. The van der Waals surface area contributed by atoms with Crippen molar-refractivity contribution in [2.75, 3.05) is 6.54 Å². The lowest BCUT2D eigenvalue weighted by Crippen LogP contribution is -2.25. The predicted octanol–water partition coefficient (Wildman–Crippen LogP) is 4.14. The molecule has 0 aliphatic heterocycles. The fourth-order valence-electron chi connectivity index (χ4n) is 3.07. The van der Waals surface area contributed by atoms with Crippen molar-refractivity contribution in [1.82, 2.24) is 5.32 Å². The third-order valence-electron chi connectivity index (χ3n) is 4.27. The summed E-state index contributed by atoms with van der Waals surface area (Å²) in [4.78, 5) is 0. The van der Waals surface area contributed by atoms with Gasteiger partial charge in [-0.2, -0.15) is 0 Å². The number of halogens is 2. The first-order valence-electron chi connectivity index (χ1n) is 8.04. The van der Waals surface area contributed by atoms with Crippen molar-refractivity contribution in [3.05, 3.63) is 64.7 Å². The molecule has 0 radical (unpaired) electrons. The van der Waals surface area contributed by atoms with E-state index in [1.807, 2.05) is 12.1 Å². The predicted molar refractivity (Wildman–Crippen MR) is 89.6 cm³/mol. The first-order chi connectivity index (χ1) is 11.7. The highest BCUT2D eigenvalue weighted by atomic mass is 19.2. The van der Waals surface area contributed by atoms with Crippen molar-refractivity contribution in [1.29, 1.82) is 0 Å². The van der Waals surface area contributed by atoms with E-state index >= 15 is 0 Å². The Labute approximate surface area is 140 Å². The van der Waals surface area contributed by atoms with Crippen molar-refractivity contribution in [3.8, 4) is 18.1 Å². The van der Waals surface area contributed by atoms with Crippen LogP contribution in [0.15, 0.2) is 36.4 Å². The molecule has 2 aromatic carbocycles. The summed E-state index contributed by atoms with van der Waals surface area (Å²) in [6, 6.07) is 10.1. The molecule has 4 heteroatoms. The van der Waals surface area contributed by atoms with E-state index in [4.69, 9.17) is 11.2 Å². The average Bonchev–Trinajstić information content (AvgIpc) is 2.60. The number of rotatable bonds is 5. The van der Waals surface area contributed by atoms with Crippen LogP contribution in [-0.2, 0) is 13.0 Å². The van der Waals surface area contributed by atoms with Crippen LogP contribution in [0.4, 0.5) is 8.78 Å². The summed E-state index contributed by atoms with van der Waals surface area (Å²) >= 11 is 0. The second kappa shape index (κ2) is 7.46. The highest BCUT2D eigenvalue weighted by molar-refractivity contribution is 5.39. The fraction of sp³-hybridized carbons (Fsp3) is 0.300. The van der Waals surface area contributed by atoms with Gasteiger partial charge in [-0.05, 0) is 60.2 Å². The van der Waals surface area contributed by atoms with Gasteiger partial charge in [0.1, 0.15) is 12.4 Å². The third-order valence-corrected chi connectivity index (χ3v) is 4.27. The summed E-state index contributed by atoms with van der Waals surface area (Å²) in [5.41, 5.74) is 3.11. The molecule has 1 unspecified atom stereocenters. The lowest BCUT2D eigenvalue weighted by Gasteiger charge is -2.26. The molecule has 0 heterocycles. The molecular weight excluding hydrogens is 308 g/mol.